The van der Waals surface area contributed by atoms with Gasteiger partial charge in [0.1, 0.15) is 5.84 Å². The predicted molar refractivity (Wildman–Crippen MR) is 159 cm³/mol. The van der Waals surface area contributed by atoms with Crippen molar-refractivity contribution < 1.29 is 4.79 Å². The summed E-state index contributed by atoms with van der Waals surface area (Å²) in [7, 11) is 4.13. The third kappa shape index (κ3) is 7.01. The zero-order valence-electron chi connectivity index (χ0n) is 22.6. The van der Waals surface area contributed by atoms with E-state index in [9.17, 15) is 4.79 Å². The fourth-order valence-corrected chi connectivity index (χ4v) is 5.22. The number of aliphatic imine (C=N–C) groups is 1. The van der Waals surface area contributed by atoms with Gasteiger partial charge < -0.3 is 20.9 Å². The first kappa shape index (κ1) is 27.8. The fourth-order valence-electron chi connectivity index (χ4n) is 4.95. The van der Waals surface area contributed by atoms with Crippen LogP contribution < -0.4 is 16.0 Å². The number of anilines is 2. The third-order valence-corrected chi connectivity index (χ3v) is 7.30. The van der Waals surface area contributed by atoms with Gasteiger partial charge in [0.15, 0.2) is 0 Å². The number of nitrogens with two attached hydrogens (primary N) is 1. The molecule has 0 bridgehead atoms. The van der Waals surface area contributed by atoms with Gasteiger partial charge in [-0.1, -0.05) is 54.1 Å². The van der Waals surface area contributed by atoms with Gasteiger partial charge in [-0.2, -0.15) is 0 Å². The monoisotopic (exact) mass is 531 g/mol. The molecule has 1 aliphatic rings. The van der Waals surface area contributed by atoms with E-state index >= 15 is 0 Å². The van der Waals surface area contributed by atoms with Gasteiger partial charge >= 0.3 is 0 Å². The lowest BCUT2D eigenvalue weighted by atomic mass is 9.90. The Hall–Kier alpha value is -3.19. The normalized spacial score (nSPS) is 15.3. The minimum Gasteiger partial charge on any atom is -0.330 e. The Bertz CT molecular complexity index is 1290. The molecule has 1 unspecified atom stereocenters. The number of nitrogens with zero attached hydrogens (tertiary/aromatic N) is 3. The number of carbonyl (C=O) groups is 1. The number of hydrogen-bond acceptors (Lipinski definition) is 4. The van der Waals surface area contributed by atoms with Crippen molar-refractivity contribution in [2.45, 2.75) is 38.6 Å². The van der Waals surface area contributed by atoms with E-state index in [2.05, 4.69) is 48.3 Å². The molecular formula is C31H38ClN5O. The summed E-state index contributed by atoms with van der Waals surface area (Å²) in [5, 5.41) is 3.74. The summed E-state index contributed by atoms with van der Waals surface area (Å²) >= 11 is 6.56. The van der Waals surface area contributed by atoms with Crippen molar-refractivity contribution in [3.63, 3.8) is 0 Å². The van der Waals surface area contributed by atoms with Crippen molar-refractivity contribution >= 4 is 34.7 Å². The number of rotatable bonds is 10. The molecule has 0 radical (unpaired) electrons. The average Bonchev–Trinajstić information content (AvgIpc) is 3.36. The number of aryl methyl sites for hydroxylation is 1. The Balaban J connectivity index is 1.54. The molecule has 1 amide bonds. The average molecular weight is 532 g/mol. The number of hydrogen-bond donors (Lipinski definition) is 2. The van der Waals surface area contributed by atoms with Crippen molar-refractivity contribution in [3.05, 3.63) is 94.0 Å². The Morgan fingerprint density at radius 1 is 1.11 bits per heavy atom. The second-order valence-corrected chi connectivity index (χ2v) is 10.6. The first-order chi connectivity index (χ1) is 18.4. The van der Waals surface area contributed by atoms with E-state index in [1.54, 1.807) is 0 Å². The van der Waals surface area contributed by atoms with Gasteiger partial charge in [0.05, 0.1) is 12.5 Å². The van der Waals surface area contributed by atoms with Crippen LogP contribution in [0.2, 0.25) is 5.02 Å². The van der Waals surface area contributed by atoms with Gasteiger partial charge in [-0.05, 0) is 80.4 Å². The van der Waals surface area contributed by atoms with Gasteiger partial charge in [-0.25, -0.2) is 0 Å². The number of likely N-dealkylation sites (N-methyl/N-ethyl adjacent to an activating group) is 1. The molecule has 0 aliphatic carbocycles. The summed E-state index contributed by atoms with van der Waals surface area (Å²) in [6.07, 6.45) is 2.63. The molecule has 0 aromatic heterocycles. The van der Waals surface area contributed by atoms with Crippen LogP contribution in [0.25, 0.3) is 0 Å². The molecule has 0 saturated carbocycles. The third-order valence-electron chi connectivity index (χ3n) is 6.95. The molecule has 3 aromatic carbocycles. The van der Waals surface area contributed by atoms with Crippen molar-refractivity contribution in [2.24, 2.45) is 10.7 Å². The molecule has 1 atom stereocenters. The van der Waals surface area contributed by atoms with Crippen LogP contribution in [0.3, 0.4) is 0 Å². The van der Waals surface area contributed by atoms with Crippen LogP contribution in [0.1, 0.15) is 41.0 Å². The zero-order chi connectivity index (χ0) is 27.1. The molecule has 4 rings (SSSR count). The van der Waals surface area contributed by atoms with Crippen molar-refractivity contribution in [1.82, 2.24) is 4.90 Å². The molecule has 1 saturated heterocycles. The largest absolute Gasteiger partial charge is 0.330 e. The molecule has 38 heavy (non-hydrogen) atoms. The molecule has 1 fully saturated rings. The molecular weight excluding hydrogens is 494 g/mol. The Morgan fingerprint density at radius 3 is 2.63 bits per heavy atom. The van der Waals surface area contributed by atoms with Crippen LogP contribution >= 0.6 is 11.6 Å². The smallest absolute Gasteiger partial charge is 0.232 e. The lowest BCUT2D eigenvalue weighted by Crippen LogP contribution is -2.27. The number of amides is 1. The van der Waals surface area contributed by atoms with Gasteiger partial charge in [-0.15, -0.1) is 0 Å². The van der Waals surface area contributed by atoms with Crippen molar-refractivity contribution in [3.8, 4) is 0 Å². The standard InChI is InChI=1S/C31H38ClN5O/c1-22-18-25(13-14-29(22)37-16-7-12-30(37)34-15-17-36(2)3)35-31(38)27(26-10-4-5-11-28(26)32)20-23-8-6-9-24(19-23)21-33/h4-6,8-11,13-14,18-19,27H,7,12,15-17,20-21,33H2,1-3H3,(H,35,38). The first-order valence-corrected chi connectivity index (χ1v) is 13.6. The van der Waals surface area contributed by atoms with Gasteiger partial charge in [0, 0.05) is 42.5 Å². The minimum absolute atomic E-state index is 0.0875. The summed E-state index contributed by atoms with van der Waals surface area (Å²) < 4.78 is 0. The number of halogens is 1. The number of benzene rings is 3. The highest BCUT2D eigenvalue weighted by atomic mass is 35.5. The Kier molecular flexibility index (Phi) is 9.56. The second kappa shape index (κ2) is 13.1. The predicted octanol–water partition coefficient (Wildman–Crippen LogP) is 5.63. The molecule has 200 valence electrons. The number of nitrogens with one attached hydrogen (secondary N) is 1. The number of carbonyl (C=O) groups excluding carboxylic acids is 1. The topological polar surface area (TPSA) is 74.0 Å². The van der Waals surface area contributed by atoms with E-state index in [-0.39, 0.29) is 5.91 Å². The SMILES string of the molecule is Cc1cc(NC(=O)C(Cc2cccc(CN)c2)c2ccccc2Cl)ccc1N1CCCC1=NCCN(C)C. The van der Waals surface area contributed by atoms with E-state index in [1.165, 1.54) is 0 Å². The Morgan fingerprint density at radius 2 is 1.89 bits per heavy atom. The summed E-state index contributed by atoms with van der Waals surface area (Å²) in [5.74, 6) is 0.617. The van der Waals surface area contributed by atoms with E-state index in [0.717, 1.165) is 71.9 Å². The van der Waals surface area contributed by atoms with Crippen LogP contribution in [0, 0.1) is 6.92 Å². The van der Waals surface area contributed by atoms with E-state index in [1.807, 2.05) is 54.6 Å². The summed E-state index contributed by atoms with van der Waals surface area (Å²) in [5.41, 5.74) is 11.8. The van der Waals surface area contributed by atoms with E-state index in [4.69, 9.17) is 22.3 Å². The van der Waals surface area contributed by atoms with E-state index < -0.39 is 5.92 Å². The highest BCUT2D eigenvalue weighted by Gasteiger charge is 2.25. The Labute approximate surface area is 231 Å². The highest BCUT2D eigenvalue weighted by molar-refractivity contribution is 6.31. The molecule has 3 aromatic rings. The fraction of sp³-hybridized carbons (Fsp3) is 0.355. The van der Waals surface area contributed by atoms with Crippen molar-refractivity contribution in [1.29, 1.82) is 0 Å². The first-order valence-electron chi connectivity index (χ1n) is 13.2. The lowest BCUT2D eigenvalue weighted by molar-refractivity contribution is -0.117. The quantitative estimate of drug-likeness (QED) is 0.355. The molecule has 1 heterocycles. The number of amidine groups is 1. The van der Waals surface area contributed by atoms with E-state index in [0.29, 0.717) is 18.0 Å². The van der Waals surface area contributed by atoms with Crippen molar-refractivity contribution in [2.75, 3.05) is 43.9 Å². The van der Waals surface area contributed by atoms with Crippen LogP contribution in [-0.2, 0) is 17.8 Å². The van der Waals surface area contributed by atoms with Gasteiger partial charge in [0.25, 0.3) is 0 Å². The maximum atomic E-state index is 13.7. The molecule has 6 nitrogen and oxygen atoms in total. The van der Waals surface area contributed by atoms with Crippen LogP contribution in [-0.4, -0.2) is 50.4 Å². The maximum Gasteiger partial charge on any atom is 0.232 e. The molecule has 1 aliphatic heterocycles. The van der Waals surface area contributed by atoms with Crippen LogP contribution in [0.4, 0.5) is 11.4 Å². The summed E-state index contributed by atoms with van der Waals surface area (Å²) in [4.78, 5) is 23.0. The zero-order valence-corrected chi connectivity index (χ0v) is 23.3. The lowest BCUT2D eigenvalue weighted by Gasteiger charge is -2.23. The van der Waals surface area contributed by atoms with Crippen LogP contribution in [0.15, 0.2) is 71.7 Å². The summed E-state index contributed by atoms with van der Waals surface area (Å²) in [6.45, 7) is 5.24. The minimum atomic E-state index is -0.439. The van der Waals surface area contributed by atoms with Crippen LogP contribution in [0.5, 0.6) is 0 Å². The second-order valence-electron chi connectivity index (χ2n) is 10.1. The highest BCUT2D eigenvalue weighted by Crippen LogP contribution is 2.31. The van der Waals surface area contributed by atoms with Gasteiger partial charge in [0.2, 0.25) is 5.91 Å². The molecule has 0 spiro atoms. The van der Waals surface area contributed by atoms with Gasteiger partial charge in [-0.3, -0.25) is 9.79 Å². The summed E-state index contributed by atoms with van der Waals surface area (Å²) in [6, 6.07) is 21.8. The molecule has 3 N–H and O–H groups in total. The molecule has 7 heteroatoms. The maximum absolute atomic E-state index is 13.7.